The summed E-state index contributed by atoms with van der Waals surface area (Å²) in [5, 5.41) is 0.609. The molecule has 0 spiro atoms. The fourth-order valence-corrected chi connectivity index (χ4v) is 1.51. The van der Waals surface area contributed by atoms with Crippen molar-refractivity contribution in [1.29, 1.82) is 0 Å². The third-order valence-electron chi connectivity index (χ3n) is 1.75. The Morgan fingerprint density at radius 3 is 2.71 bits per heavy atom. The highest BCUT2D eigenvalue weighted by Gasteiger charge is 2.09. The second kappa shape index (κ2) is 5.35. The van der Waals surface area contributed by atoms with E-state index in [9.17, 15) is 4.39 Å². The van der Waals surface area contributed by atoms with Crippen LogP contribution >= 0.6 is 15.9 Å². The summed E-state index contributed by atoms with van der Waals surface area (Å²) in [6, 6.07) is 4.96. The Bertz CT molecular complexity index is 299. The van der Waals surface area contributed by atoms with Gasteiger partial charge in [-0.25, -0.2) is 4.39 Å². The molecule has 0 atom stereocenters. The molecule has 0 aliphatic carbocycles. The topological polar surface area (TPSA) is 9.23 Å². The summed E-state index contributed by atoms with van der Waals surface area (Å²) in [6.45, 7) is 4.62. The molecule has 0 bridgehead atoms. The van der Waals surface area contributed by atoms with Crippen LogP contribution in [0.3, 0.4) is 0 Å². The summed E-state index contributed by atoms with van der Waals surface area (Å²) in [5.74, 6) is 0.485. The van der Waals surface area contributed by atoms with Gasteiger partial charge in [0.05, 0.1) is 6.61 Å². The first kappa shape index (κ1) is 11.5. The van der Waals surface area contributed by atoms with Gasteiger partial charge in [-0.3, -0.25) is 0 Å². The Morgan fingerprint density at radius 1 is 1.43 bits per heavy atom. The number of ether oxygens (including phenoxy) is 1. The Morgan fingerprint density at radius 2 is 2.14 bits per heavy atom. The van der Waals surface area contributed by atoms with E-state index in [-0.39, 0.29) is 5.82 Å². The average Bonchev–Trinajstić information content (AvgIpc) is 2.15. The first-order chi connectivity index (χ1) is 6.65. The largest absolute Gasteiger partial charge is 0.490 e. The average molecular weight is 261 g/mol. The number of alkyl halides is 1. The zero-order valence-electron chi connectivity index (χ0n) is 8.39. The molecular weight excluding hydrogens is 247 g/mol. The molecule has 0 amide bonds. The summed E-state index contributed by atoms with van der Waals surface area (Å²) in [5.41, 5.74) is 0.852. The Hall–Kier alpha value is -0.570. The standard InChI is InChI=1S/C11H14BrFO/c1-8(2)7-14-11-9(6-12)4-3-5-10(11)13/h3-5,8H,6-7H2,1-2H3. The Balaban J connectivity index is 2.82. The van der Waals surface area contributed by atoms with Crippen molar-refractivity contribution in [2.45, 2.75) is 19.2 Å². The number of rotatable bonds is 4. The molecule has 78 valence electrons. The third kappa shape index (κ3) is 2.98. The molecule has 0 heterocycles. The maximum atomic E-state index is 13.3. The van der Waals surface area contributed by atoms with E-state index in [1.165, 1.54) is 6.07 Å². The molecule has 1 rings (SSSR count). The van der Waals surface area contributed by atoms with Crippen LogP contribution in [0.15, 0.2) is 18.2 Å². The molecule has 14 heavy (non-hydrogen) atoms. The summed E-state index contributed by atoms with van der Waals surface area (Å²) in [4.78, 5) is 0. The molecule has 1 nitrogen and oxygen atoms in total. The van der Waals surface area contributed by atoms with Gasteiger partial charge in [-0.05, 0) is 12.0 Å². The van der Waals surface area contributed by atoms with Gasteiger partial charge >= 0.3 is 0 Å². The summed E-state index contributed by atoms with van der Waals surface area (Å²) in [7, 11) is 0. The van der Waals surface area contributed by atoms with Crippen molar-refractivity contribution in [3.63, 3.8) is 0 Å². The van der Waals surface area contributed by atoms with Crippen molar-refractivity contribution >= 4 is 15.9 Å². The van der Waals surface area contributed by atoms with E-state index >= 15 is 0 Å². The normalized spacial score (nSPS) is 10.6. The molecule has 0 radical (unpaired) electrons. The van der Waals surface area contributed by atoms with Crippen LogP contribution in [0, 0.1) is 11.7 Å². The minimum atomic E-state index is -0.289. The van der Waals surface area contributed by atoms with Gasteiger partial charge in [0, 0.05) is 10.9 Å². The quantitative estimate of drug-likeness (QED) is 0.750. The molecule has 0 aliphatic rings. The van der Waals surface area contributed by atoms with Gasteiger partial charge < -0.3 is 4.74 Å². The van der Waals surface area contributed by atoms with Gasteiger partial charge in [0.25, 0.3) is 0 Å². The Labute approximate surface area is 92.4 Å². The maximum Gasteiger partial charge on any atom is 0.165 e. The second-order valence-electron chi connectivity index (χ2n) is 3.57. The molecule has 0 saturated carbocycles. The smallest absolute Gasteiger partial charge is 0.165 e. The number of hydrogen-bond donors (Lipinski definition) is 0. The van der Waals surface area contributed by atoms with E-state index in [1.807, 2.05) is 19.9 Å². The number of para-hydroxylation sites is 1. The fourth-order valence-electron chi connectivity index (χ4n) is 1.07. The van der Waals surface area contributed by atoms with Crippen LogP contribution in [0.25, 0.3) is 0 Å². The van der Waals surface area contributed by atoms with E-state index in [0.29, 0.717) is 23.6 Å². The lowest BCUT2D eigenvalue weighted by atomic mass is 10.2. The van der Waals surface area contributed by atoms with E-state index in [1.54, 1.807) is 6.07 Å². The zero-order chi connectivity index (χ0) is 10.6. The molecule has 0 saturated heterocycles. The van der Waals surface area contributed by atoms with Crippen molar-refractivity contribution < 1.29 is 9.13 Å². The van der Waals surface area contributed by atoms with Crippen molar-refractivity contribution in [3.8, 4) is 5.75 Å². The molecule has 0 aromatic heterocycles. The molecular formula is C11H14BrFO. The zero-order valence-corrected chi connectivity index (χ0v) is 9.97. The van der Waals surface area contributed by atoms with Gasteiger partial charge in [0.1, 0.15) is 0 Å². The summed E-state index contributed by atoms with van der Waals surface area (Å²) in [6.07, 6.45) is 0. The Kier molecular flexibility index (Phi) is 4.39. The SMILES string of the molecule is CC(C)COc1c(F)cccc1CBr. The third-order valence-corrected chi connectivity index (χ3v) is 2.36. The highest BCUT2D eigenvalue weighted by Crippen LogP contribution is 2.25. The van der Waals surface area contributed by atoms with Crippen LogP contribution in [0.1, 0.15) is 19.4 Å². The van der Waals surface area contributed by atoms with Crippen LogP contribution in [-0.2, 0) is 5.33 Å². The van der Waals surface area contributed by atoms with Crippen LogP contribution in [0.2, 0.25) is 0 Å². The van der Waals surface area contributed by atoms with Crippen LogP contribution in [0.4, 0.5) is 4.39 Å². The summed E-state index contributed by atoms with van der Waals surface area (Å²) >= 11 is 3.30. The monoisotopic (exact) mass is 260 g/mol. The van der Waals surface area contributed by atoms with E-state index in [2.05, 4.69) is 15.9 Å². The molecule has 0 N–H and O–H groups in total. The van der Waals surface area contributed by atoms with Crippen LogP contribution in [-0.4, -0.2) is 6.61 Å². The first-order valence-electron chi connectivity index (χ1n) is 4.61. The van der Waals surface area contributed by atoms with E-state index in [0.717, 1.165) is 5.56 Å². The summed E-state index contributed by atoms with van der Waals surface area (Å²) < 4.78 is 18.8. The van der Waals surface area contributed by atoms with Crippen LogP contribution in [0.5, 0.6) is 5.75 Å². The lowest BCUT2D eigenvalue weighted by Crippen LogP contribution is -2.07. The molecule has 1 aromatic rings. The van der Waals surface area contributed by atoms with Gasteiger partial charge in [-0.2, -0.15) is 0 Å². The lowest BCUT2D eigenvalue weighted by molar-refractivity contribution is 0.257. The minimum absolute atomic E-state index is 0.289. The van der Waals surface area contributed by atoms with Gasteiger partial charge in [-0.15, -0.1) is 0 Å². The number of hydrogen-bond acceptors (Lipinski definition) is 1. The van der Waals surface area contributed by atoms with Crippen LogP contribution < -0.4 is 4.74 Å². The van der Waals surface area contributed by atoms with Gasteiger partial charge in [0.2, 0.25) is 0 Å². The minimum Gasteiger partial charge on any atom is -0.490 e. The maximum absolute atomic E-state index is 13.3. The van der Waals surface area contributed by atoms with Crippen molar-refractivity contribution in [2.24, 2.45) is 5.92 Å². The van der Waals surface area contributed by atoms with E-state index in [4.69, 9.17) is 4.74 Å². The number of halogens is 2. The number of benzene rings is 1. The molecule has 0 fully saturated rings. The molecule has 0 aliphatic heterocycles. The van der Waals surface area contributed by atoms with Crippen molar-refractivity contribution in [1.82, 2.24) is 0 Å². The first-order valence-corrected chi connectivity index (χ1v) is 5.73. The molecule has 1 aromatic carbocycles. The molecule has 3 heteroatoms. The lowest BCUT2D eigenvalue weighted by Gasteiger charge is -2.12. The van der Waals surface area contributed by atoms with Gasteiger partial charge in [-0.1, -0.05) is 41.9 Å². The predicted octanol–water partition coefficient (Wildman–Crippen LogP) is 3.76. The second-order valence-corrected chi connectivity index (χ2v) is 4.13. The van der Waals surface area contributed by atoms with E-state index < -0.39 is 0 Å². The van der Waals surface area contributed by atoms with Crippen molar-refractivity contribution in [3.05, 3.63) is 29.6 Å². The highest BCUT2D eigenvalue weighted by atomic mass is 79.9. The fraction of sp³-hybridized carbons (Fsp3) is 0.455. The highest BCUT2D eigenvalue weighted by molar-refractivity contribution is 9.08. The predicted molar refractivity (Wildman–Crippen MR) is 59.4 cm³/mol. The molecule has 0 unspecified atom stereocenters. The van der Waals surface area contributed by atoms with Crippen molar-refractivity contribution in [2.75, 3.05) is 6.61 Å². The van der Waals surface area contributed by atoms with Gasteiger partial charge in [0.15, 0.2) is 11.6 Å².